The Labute approximate surface area is 102 Å². The fraction of sp³-hybridized carbons (Fsp3) is 0.538. The summed E-state index contributed by atoms with van der Waals surface area (Å²) in [5.74, 6) is 0. The highest BCUT2D eigenvalue weighted by Gasteiger charge is 2.10. The van der Waals surface area contributed by atoms with Crippen LogP contribution in [0.4, 0.5) is 5.69 Å². The summed E-state index contributed by atoms with van der Waals surface area (Å²) in [7, 11) is 0. The Morgan fingerprint density at radius 2 is 1.88 bits per heavy atom. The molecule has 0 aromatic heterocycles. The highest BCUT2D eigenvalue weighted by Crippen LogP contribution is 2.14. The summed E-state index contributed by atoms with van der Waals surface area (Å²) in [5, 5.41) is 10.5. The van der Waals surface area contributed by atoms with Gasteiger partial charge in [-0.15, -0.1) is 0 Å². The third kappa shape index (κ3) is 4.15. The van der Waals surface area contributed by atoms with E-state index < -0.39 is 0 Å². The van der Waals surface area contributed by atoms with E-state index in [0.717, 1.165) is 25.1 Å². The van der Waals surface area contributed by atoms with Crippen molar-refractivity contribution in [2.75, 3.05) is 6.54 Å². The second-order valence-electron chi connectivity index (χ2n) is 4.49. The molecule has 0 atom stereocenters. The van der Waals surface area contributed by atoms with Crippen LogP contribution in [0.2, 0.25) is 0 Å². The predicted octanol–water partition coefficient (Wildman–Crippen LogP) is 3.22. The number of non-ortho nitro benzene ring substituents is 1. The van der Waals surface area contributed by atoms with Gasteiger partial charge in [-0.25, -0.2) is 0 Å². The monoisotopic (exact) mass is 236 g/mol. The Morgan fingerprint density at radius 1 is 1.29 bits per heavy atom. The molecule has 0 bridgehead atoms. The van der Waals surface area contributed by atoms with Crippen molar-refractivity contribution >= 4 is 5.69 Å². The number of rotatable bonds is 6. The fourth-order valence-electron chi connectivity index (χ4n) is 1.76. The number of nitrogens with zero attached hydrogens (tertiary/aromatic N) is 2. The number of hydrogen-bond acceptors (Lipinski definition) is 3. The molecule has 1 aromatic carbocycles. The van der Waals surface area contributed by atoms with Gasteiger partial charge < -0.3 is 0 Å². The largest absolute Gasteiger partial charge is 0.297 e. The minimum Gasteiger partial charge on any atom is -0.297 e. The van der Waals surface area contributed by atoms with Crippen LogP contribution in [0.15, 0.2) is 24.3 Å². The Bertz CT molecular complexity index is 360. The number of benzene rings is 1. The van der Waals surface area contributed by atoms with Gasteiger partial charge in [-0.2, -0.15) is 0 Å². The van der Waals surface area contributed by atoms with Crippen LogP contribution < -0.4 is 0 Å². The third-order valence-electron chi connectivity index (χ3n) is 2.77. The Morgan fingerprint density at radius 3 is 2.29 bits per heavy atom. The van der Waals surface area contributed by atoms with Crippen molar-refractivity contribution in [3.8, 4) is 0 Å². The van der Waals surface area contributed by atoms with Crippen LogP contribution in [0.3, 0.4) is 0 Å². The van der Waals surface area contributed by atoms with E-state index in [4.69, 9.17) is 0 Å². The molecule has 94 valence electrons. The second-order valence-corrected chi connectivity index (χ2v) is 4.49. The van der Waals surface area contributed by atoms with E-state index in [1.807, 2.05) is 12.1 Å². The van der Waals surface area contributed by atoms with E-state index in [-0.39, 0.29) is 10.6 Å². The van der Waals surface area contributed by atoms with Crippen LogP contribution in [0.25, 0.3) is 0 Å². The minimum atomic E-state index is -0.365. The normalized spacial score (nSPS) is 11.1. The Hall–Kier alpha value is -1.42. The molecule has 0 saturated carbocycles. The molecule has 17 heavy (non-hydrogen) atoms. The lowest BCUT2D eigenvalue weighted by atomic mass is 10.1. The number of nitro groups is 1. The minimum absolute atomic E-state index is 0.153. The van der Waals surface area contributed by atoms with Gasteiger partial charge in [0.15, 0.2) is 0 Å². The molecule has 4 heteroatoms. The third-order valence-corrected chi connectivity index (χ3v) is 2.77. The molecule has 1 rings (SSSR count). The van der Waals surface area contributed by atoms with Crippen LogP contribution >= 0.6 is 0 Å². The summed E-state index contributed by atoms with van der Waals surface area (Å²) >= 11 is 0. The zero-order valence-corrected chi connectivity index (χ0v) is 10.7. The van der Waals surface area contributed by atoms with Crippen LogP contribution in [0.1, 0.15) is 32.8 Å². The van der Waals surface area contributed by atoms with E-state index in [1.54, 1.807) is 12.1 Å². The van der Waals surface area contributed by atoms with Crippen molar-refractivity contribution in [2.24, 2.45) is 0 Å². The first kappa shape index (κ1) is 13.6. The molecule has 0 amide bonds. The van der Waals surface area contributed by atoms with Crippen LogP contribution in [0.5, 0.6) is 0 Å². The number of nitro benzene ring substituents is 1. The molecular formula is C13H20N2O2. The Kier molecular flexibility index (Phi) is 5.10. The molecule has 0 saturated heterocycles. The van der Waals surface area contributed by atoms with Gasteiger partial charge in [0.1, 0.15) is 0 Å². The van der Waals surface area contributed by atoms with E-state index >= 15 is 0 Å². The summed E-state index contributed by atoms with van der Waals surface area (Å²) in [6, 6.07) is 7.30. The zero-order valence-electron chi connectivity index (χ0n) is 10.7. The van der Waals surface area contributed by atoms with Gasteiger partial charge in [0.25, 0.3) is 5.69 Å². The second kappa shape index (κ2) is 6.35. The van der Waals surface area contributed by atoms with Crippen molar-refractivity contribution in [3.05, 3.63) is 39.9 Å². The SMILES string of the molecule is CCCN(Cc1ccc([N+](=O)[O-])cc1)C(C)C. The molecule has 0 N–H and O–H groups in total. The van der Waals surface area contributed by atoms with Gasteiger partial charge in [0, 0.05) is 24.7 Å². The zero-order chi connectivity index (χ0) is 12.8. The molecule has 0 radical (unpaired) electrons. The molecule has 0 unspecified atom stereocenters. The summed E-state index contributed by atoms with van der Waals surface area (Å²) in [4.78, 5) is 12.5. The van der Waals surface area contributed by atoms with Gasteiger partial charge in [0.2, 0.25) is 0 Å². The maximum absolute atomic E-state index is 10.5. The molecule has 4 nitrogen and oxygen atoms in total. The molecule has 0 fully saturated rings. The van der Waals surface area contributed by atoms with Crippen molar-refractivity contribution in [1.82, 2.24) is 4.90 Å². The van der Waals surface area contributed by atoms with Crippen LogP contribution in [-0.2, 0) is 6.54 Å². The average Bonchev–Trinajstić information content (AvgIpc) is 2.29. The quantitative estimate of drug-likeness (QED) is 0.562. The summed E-state index contributed by atoms with van der Waals surface area (Å²) in [6.45, 7) is 8.39. The molecule has 1 aromatic rings. The van der Waals surface area contributed by atoms with Crippen molar-refractivity contribution in [1.29, 1.82) is 0 Å². The topological polar surface area (TPSA) is 46.4 Å². The summed E-state index contributed by atoms with van der Waals surface area (Å²) in [6.07, 6.45) is 1.12. The highest BCUT2D eigenvalue weighted by molar-refractivity contribution is 5.32. The smallest absolute Gasteiger partial charge is 0.269 e. The van der Waals surface area contributed by atoms with Gasteiger partial charge in [0.05, 0.1) is 4.92 Å². The van der Waals surface area contributed by atoms with Crippen LogP contribution in [-0.4, -0.2) is 22.4 Å². The summed E-state index contributed by atoms with van der Waals surface area (Å²) < 4.78 is 0. The van der Waals surface area contributed by atoms with Crippen molar-refractivity contribution in [3.63, 3.8) is 0 Å². The van der Waals surface area contributed by atoms with Gasteiger partial charge in [-0.3, -0.25) is 15.0 Å². The molecule has 0 aliphatic rings. The standard InChI is InChI=1S/C13H20N2O2/c1-4-9-14(11(2)3)10-12-5-7-13(8-6-12)15(16)17/h5-8,11H,4,9-10H2,1-3H3. The maximum atomic E-state index is 10.5. The van der Waals surface area contributed by atoms with Gasteiger partial charge in [-0.1, -0.05) is 19.1 Å². The fourth-order valence-corrected chi connectivity index (χ4v) is 1.76. The molecule has 0 aliphatic carbocycles. The van der Waals surface area contributed by atoms with E-state index in [2.05, 4.69) is 25.7 Å². The molecule has 0 aliphatic heterocycles. The molecular weight excluding hydrogens is 216 g/mol. The lowest BCUT2D eigenvalue weighted by Gasteiger charge is -2.25. The van der Waals surface area contributed by atoms with Gasteiger partial charge in [-0.05, 0) is 32.4 Å². The molecule has 0 spiro atoms. The average molecular weight is 236 g/mol. The van der Waals surface area contributed by atoms with Gasteiger partial charge >= 0.3 is 0 Å². The van der Waals surface area contributed by atoms with Crippen LogP contribution in [0, 0.1) is 10.1 Å². The van der Waals surface area contributed by atoms with Crippen molar-refractivity contribution < 1.29 is 4.92 Å². The first-order valence-electron chi connectivity index (χ1n) is 6.02. The summed E-state index contributed by atoms with van der Waals surface area (Å²) in [5.41, 5.74) is 1.28. The molecule has 0 heterocycles. The first-order valence-corrected chi connectivity index (χ1v) is 6.02. The first-order chi connectivity index (χ1) is 8.04. The van der Waals surface area contributed by atoms with E-state index in [9.17, 15) is 10.1 Å². The van der Waals surface area contributed by atoms with Crippen molar-refractivity contribution in [2.45, 2.75) is 39.8 Å². The number of hydrogen-bond donors (Lipinski definition) is 0. The lowest BCUT2D eigenvalue weighted by molar-refractivity contribution is -0.384. The highest BCUT2D eigenvalue weighted by atomic mass is 16.6. The van der Waals surface area contributed by atoms with E-state index in [0.29, 0.717) is 6.04 Å². The lowest BCUT2D eigenvalue weighted by Crippen LogP contribution is -2.30. The predicted molar refractivity (Wildman–Crippen MR) is 68.9 cm³/mol. The van der Waals surface area contributed by atoms with E-state index in [1.165, 1.54) is 0 Å². The maximum Gasteiger partial charge on any atom is 0.269 e. The Balaban J connectivity index is 2.69.